The van der Waals surface area contributed by atoms with Crippen molar-refractivity contribution in [3.63, 3.8) is 0 Å². The maximum absolute atomic E-state index is 12.2. The van der Waals surface area contributed by atoms with Crippen molar-refractivity contribution < 1.29 is 14.3 Å². The molecule has 35 heavy (non-hydrogen) atoms. The minimum absolute atomic E-state index is 0.0465. The van der Waals surface area contributed by atoms with E-state index in [0.29, 0.717) is 18.9 Å². The number of amides is 2. The number of rotatable bonds is 10. The summed E-state index contributed by atoms with van der Waals surface area (Å²) in [6.45, 7) is 0.858. The first kappa shape index (κ1) is 23.7. The van der Waals surface area contributed by atoms with Crippen LogP contribution in [0.1, 0.15) is 29.5 Å². The number of carbonyl (C=O) groups is 2. The zero-order valence-electron chi connectivity index (χ0n) is 19.3. The van der Waals surface area contributed by atoms with Crippen LogP contribution >= 0.6 is 0 Å². The fourth-order valence-electron chi connectivity index (χ4n) is 3.61. The Morgan fingerprint density at radius 1 is 0.743 bits per heavy atom. The van der Waals surface area contributed by atoms with E-state index >= 15 is 0 Å². The Bertz CT molecular complexity index is 1300. The Morgan fingerprint density at radius 3 is 2.17 bits per heavy atom. The van der Waals surface area contributed by atoms with Gasteiger partial charge in [-0.1, -0.05) is 91.0 Å². The molecule has 0 aliphatic heterocycles. The van der Waals surface area contributed by atoms with Crippen molar-refractivity contribution in [3.8, 4) is 5.75 Å². The first-order valence-electron chi connectivity index (χ1n) is 11.5. The lowest BCUT2D eigenvalue weighted by molar-refractivity contribution is -0.126. The summed E-state index contributed by atoms with van der Waals surface area (Å²) in [7, 11) is 0. The van der Waals surface area contributed by atoms with Crippen LogP contribution in [-0.4, -0.2) is 18.0 Å². The molecule has 0 radical (unpaired) electrons. The quantitative estimate of drug-likeness (QED) is 0.256. The van der Waals surface area contributed by atoms with E-state index in [2.05, 4.69) is 15.8 Å². The maximum atomic E-state index is 12.2. The second-order valence-electron chi connectivity index (χ2n) is 8.03. The molecule has 0 saturated carbocycles. The third-order valence-corrected chi connectivity index (χ3v) is 5.46. The number of carbonyl (C=O) groups excluding carboxylic acids is 2. The monoisotopic (exact) mass is 465 g/mol. The van der Waals surface area contributed by atoms with Crippen molar-refractivity contribution in [1.82, 2.24) is 10.7 Å². The number of hydrogen-bond donors (Lipinski definition) is 2. The molecule has 0 fully saturated rings. The molecule has 4 aromatic rings. The van der Waals surface area contributed by atoms with Gasteiger partial charge in [0.1, 0.15) is 12.4 Å². The number of fused-ring (bicyclic) bond motifs is 1. The van der Waals surface area contributed by atoms with Crippen LogP contribution in [0.25, 0.3) is 10.8 Å². The van der Waals surface area contributed by atoms with Crippen molar-refractivity contribution >= 4 is 28.8 Å². The zero-order valence-corrected chi connectivity index (χ0v) is 19.3. The molecule has 0 spiro atoms. The van der Waals surface area contributed by atoms with Gasteiger partial charge in [-0.2, -0.15) is 5.10 Å². The van der Waals surface area contributed by atoms with Crippen molar-refractivity contribution in [2.45, 2.75) is 26.0 Å². The molecule has 176 valence electrons. The van der Waals surface area contributed by atoms with E-state index in [4.69, 9.17) is 4.74 Å². The SMILES string of the molecule is O=C(CCC(=O)N/N=C\c1c(OCc2ccccc2)ccc2ccccc12)NCc1ccccc1. The molecular weight excluding hydrogens is 438 g/mol. The highest BCUT2D eigenvalue weighted by Gasteiger charge is 2.09. The molecule has 6 nitrogen and oxygen atoms in total. The molecule has 6 heteroatoms. The van der Waals surface area contributed by atoms with Gasteiger partial charge < -0.3 is 10.1 Å². The van der Waals surface area contributed by atoms with Crippen molar-refractivity contribution in [2.24, 2.45) is 5.10 Å². The predicted molar refractivity (Wildman–Crippen MR) is 138 cm³/mol. The summed E-state index contributed by atoms with van der Waals surface area (Å²) >= 11 is 0. The van der Waals surface area contributed by atoms with Crippen molar-refractivity contribution in [1.29, 1.82) is 0 Å². The van der Waals surface area contributed by atoms with E-state index in [1.165, 1.54) is 0 Å². The molecule has 0 aliphatic carbocycles. The summed E-state index contributed by atoms with van der Waals surface area (Å²) < 4.78 is 6.07. The maximum Gasteiger partial charge on any atom is 0.240 e. The first-order chi connectivity index (χ1) is 17.2. The van der Waals surface area contributed by atoms with E-state index in [1.54, 1.807) is 6.21 Å². The van der Waals surface area contributed by atoms with E-state index in [0.717, 1.165) is 27.5 Å². The second-order valence-corrected chi connectivity index (χ2v) is 8.03. The van der Waals surface area contributed by atoms with Crippen LogP contribution in [0.15, 0.2) is 102 Å². The van der Waals surface area contributed by atoms with Crippen LogP contribution < -0.4 is 15.5 Å². The van der Waals surface area contributed by atoms with Crippen molar-refractivity contribution in [2.75, 3.05) is 0 Å². The molecule has 0 bridgehead atoms. The molecule has 4 rings (SSSR count). The zero-order chi connectivity index (χ0) is 24.3. The van der Waals surface area contributed by atoms with Gasteiger partial charge in [0.25, 0.3) is 0 Å². The summed E-state index contributed by atoms with van der Waals surface area (Å²) in [5.74, 6) is 0.160. The van der Waals surface area contributed by atoms with Gasteiger partial charge in [0.15, 0.2) is 0 Å². The molecule has 4 aromatic carbocycles. The lowest BCUT2D eigenvalue weighted by Gasteiger charge is -2.12. The third kappa shape index (κ3) is 7.01. The van der Waals surface area contributed by atoms with E-state index in [9.17, 15) is 9.59 Å². The standard InChI is InChI=1S/C29H27N3O3/c33-28(30-19-22-9-3-1-4-10-22)17-18-29(34)32-31-20-26-25-14-8-7-13-24(25)15-16-27(26)35-21-23-11-5-2-6-12-23/h1-16,20H,17-19,21H2,(H,30,33)(H,32,34)/b31-20-. The Kier molecular flexibility index (Phi) is 8.22. The van der Waals surface area contributed by atoms with Crippen LogP contribution in [-0.2, 0) is 22.7 Å². The molecule has 0 atom stereocenters. The summed E-state index contributed by atoms with van der Waals surface area (Å²) in [6, 6.07) is 31.4. The topological polar surface area (TPSA) is 79.8 Å². The van der Waals surface area contributed by atoms with E-state index < -0.39 is 0 Å². The Balaban J connectivity index is 1.35. The van der Waals surface area contributed by atoms with Crippen LogP contribution in [0.2, 0.25) is 0 Å². The summed E-state index contributed by atoms with van der Waals surface area (Å²) in [6.07, 6.45) is 1.73. The van der Waals surface area contributed by atoms with Crippen LogP contribution in [0.3, 0.4) is 0 Å². The third-order valence-electron chi connectivity index (χ3n) is 5.46. The molecule has 0 saturated heterocycles. The molecule has 0 aromatic heterocycles. The second kappa shape index (κ2) is 12.1. The Labute approximate surface area is 204 Å². The van der Waals surface area contributed by atoms with Gasteiger partial charge in [-0.3, -0.25) is 9.59 Å². The number of nitrogens with one attached hydrogen (secondary N) is 2. The average molecular weight is 466 g/mol. The molecule has 0 unspecified atom stereocenters. The Morgan fingerprint density at radius 2 is 1.40 bits per heavy atom. The van der Waals surface area contributed by atoms with E-state index in [1.807, 2.05) is 97.1 Å². The smallest absolute Gasteiger partial charge is 0.240 e. The molecule has 2 N–H and O–H groups in total. The number of ether oxygens (including phenoxy) is 1. The molecule has 0 heterocycles. The van der Waals surface area contributed by atoms with Crippen LogP contribution in [0.5, 0.6) is 5.75 Å². The molecule has 2 amide bonds. The Hall–Kier alpha value is -4.45. The first-order valence-corrected chi connectivity index (χ1v) is 11.5. The summed E-state index contributed by atoms with van der Waals surface area (Å²) in [4.78, 5) is 24.3. The molecule has 0 aliphatic rings. The van der Waals surface area contributed by atoms with Gasteiger partial charge in [0.2, 0.25) is 11.8 Å². The van der Waals surface area contributed by atoms with Gasteiger partial charge in [-0.15, -0.1) is 0 Å². The lowest BCUT2D eigenvalue weighted by Crippen LogP contribution is -2.25. The normalized spacial score (nSPS) is 10.9. The van der Waals surface area contributed by atoms with Gasteiger partial charge in [-0.25, -0.2) is 5.43 Å². The highest BCUT2D eigenvalue weighted by Crippen LogP contribution is 2.27. The minimum Gasteiger partial charge on any atom is -0.488 e. The van der Waals surface area contributed by atoms with E-state index in [-0.39, 0.29) is 24.7 Å². The minimum atomic E-state index is -0.330. The van der Waals surface area contributed by atoms with Gasteiger partial charge in [0.05, 0.1) is 6.21 Å². The fourth-order valence-corrected chi connectivity index (χ4v) is 3.61. The number of hydrogen-bond acceptors (Lipinski definition) is 4. The highest BCUT2D eigenvalue weighted by molar-refractivity contribution is 6.02. The predicted octanol–water partition coefficient (Wildman–Crippen LogP) is 4.97. The van der Waals surface area contributed by atoms with Gasteiger partial charge >= 0.3 is 0 Å². The number of hydrazone groups is 1. The fraction of sp³-hybridized carbons (Fsp3) is 0.138. The lowest BCUT2D eigenvalue weighted by atomic mass is 10.0. The van der Waals surface area contributed by atoms with Gasteiger partial charge in [-0.05, 0) is 28.0 Å². The van der Waals surface area contributed by atoms with Gasteiger partial charge in [0, 0.05) is 24.9 Å². The number of nitrogens with zero attached hydrogens (tertiary/aromatic N) is 1. The largest absolute Gasteiger partial charge is 0.488 e. The number of benzene rings is 4. The summed E-state index contributed by atoms with van der Waals surface area (Å²) in [5, 5.41) is 8.97. The average Bonchev–Trinajstić information content (AvgIpc) is 2.91. The summed E-state index contributed by atoms with van der Waals surface area (Å²) in [5.41, 5.74) is 5.37. The van der Waals surface area contributed by atoms with Crippen molar-refractivity contribution in [3.05, 3.63) is 114 Å². The highest BCUT2D eigenvalue weighted by atomic mass is 16.5. The van der Waals surface area contributed by atoms with Crippen LogP contribution in [0.4, 0.5) is 0 Å². The van der Waals surface area contributed by atoms with Crippen LogP contribution in [0, 0.1) is 0 Å². The molecular formula is C29H27N3O3.